The minimum atomic E-state index is -0.501. The number of nitrogens with zero attached hydrogens (tertiary/aromatic N) is 1. The van der Waals surface area contributed by atoms with Crippen LogP contribution in [0.5, 0.6) is 11.5 Å². The molecule has 3 aromatic carbocycles. The third-order valence-corrected chi connectivity index (χ3v) is 5.63. The third kappa shape index (κ3) is 5.65. The van der Waals surface area contributed by atoms with E-state index in [0.717, 1.165) is 10.9 Å². The van der Waals surface area contributed by atoms with Gasteiger partial charge in [0, 0.05) is 21.0 Å². The first-order chi connectivity index (χ1) is 16.4. The molecule has 0 atom stereocenters. The van der Waals surface area contributed by atoms with Gasteiger partial charge in [0.1, 0.15) is 12.2 Å². The minimum absolute atomic E-state index is 0.116. The second kappa shape index (κ2) is 10.8. The number of amides is 1. The van der Waals surface area contributed by atoms with Gasteiger partial charge in [0.25, 0.3) is 0 Å². The van der Waals surface area contributed by atoms with Crippen molar-refractivity contribution in [3.05, 3.63) is 92.6 Å². The molecule has 0 radical (unpaired) electrons. The van der Waals surface area contributed by atoms with Crippen molar-refractivity contribution in [2.75, 3.05) is 6.61 Å². The van der Waals surface area contributed by atoms with Gasteiger partial charge in [0.05, 0.1) is 17.8 Å². The number of benzene rings is 3. The number of carbonyl (C=O) groups is 1. The van der Waals surface area contributed by atoms with Crippen LogP contribution in [0, 0.1) is 0 Å². The monoisotopic (exact) mass is 516 g/mol. The Hall–Kier alpha value is -3.19. The van der Waals surface area contributed by atoms with Crippen LogP contribution in [0.3, 0.4) is 0 Å². The lowest BCUT2D eigenvalue weighted by molar-refractivity contribution is 0.0929. The summed E-state index contributed by atoms with van der Waals surface area (Å²) in [5.74, 6) is 0.458. The summed E-state index contributed by atoms with van der Waals surface area (Å²) in [6.45, 7) is 2.49. The molecule has 0 spiro atoms. The van der Waals surface area contributed by atoms with E-state index in [9.17, 15) is 4.79 Å². The number of hydrogen-bond donors (Lipinski definition) is 1. The highest BCUT2D eigenvalue weighted by atomic mass is 35.5. The molecule has 1 heterocycles. The molecule has 4 aromatic rings. The normalized spacial score (nSPS) is 11.2. The van der Waals surface area contributed by atoms with Crippen LogP contribution in [-0.4, -0.2) is 18.7 Å². The van der Waals surface area contributed by atoms with Gasteiger partial charge in [-0.3, -0.25) is 4.79 Å². The molecular formula is C25H19Cl3N2O4. The van der Waals surface area contributed by atoms with Crippen molar-refractivity contribution < 1.29 is 18.7 Å². The van der Waals surface area contributed by atoms with E-state index >= 15 is 0 Å². The summed E-state index contributed by atoms with van der Waals surface area (Å²) in [6, 6.07) is 17.5. The molecule has 1 N–H and O–H groups in total. The topological polar surface area (TPSA) is 73.1 Å². The molecule has 0 aliphatic rings. The van der Waals surface area contributed by atoms with Crippen LogP contribution in [0.25, 0.3) is 11.0 Å². The summed E-state index contributed by atoms with van der Waals surface area (Å²) < 4.78 is 17.1. The zero-order chi connectivity index (χ0) is 24.1. The molecule has 0 unspecified atom stereocenters. The van der Waals surface area contributed by atoms with Crippen LogP contribution in [-0.2, 0) is 6.61 Å². The number of halogens is 3. The number of ether oxygens (including phenoxy) is 2. The average Bonchev–Trinajstić information content (AvgIpc) is 3.23. The molecule has 1 aromatic heterocycles. The molecule has 6 nitrogen and oxygen atoms in total. The number of rotatable bonds is 8. The Bertz CT molecular complexity index is 1370. The maximum Gasteiger partial charge on any atom is 0.307 e. The van der Waals surface area contributed by atoms with Gasteiger partial charge in [0.2, 0.25) is 0 Å². The van der Waals surface area contributed by atoms with Crippen molar-refractivity contribution in [3.8, 4) is 11.5 Å². The fourth-order valence-corrected chi connectivity index (χ4v) is 3.82. The molecule has 174 valence electrons. The Morgan fingerprint density at radius 3 is 2.65 bits per heavy atom. The fourth-order valence-electron chi connectivity index (χ4n) is 3.18. The maximum atomic E-state index is 12.4. The van der Waals surface area contributed by atoms with Crippen LogP contribution in [0.2, 0.25) is 15.1 Å². The SMILES string of the molecule is CCOc1cc(/C=N/NC(=O)c2cc3cc(Cl)ccc3o2)cc(Cl)c1OCc1ccccc1Cl. The molecule has 9 heteroatoms. The maximum absolute atomic E-state index is 12.4. The van der Waals surface area contributed by atoms with E-state index in [0.29, 0.717) is 44.3 Å². The van der Waals surface area contributed by atoms with Crippen LogP contribution in [0.4, 0.5) is 0 Å². The highest BCUT2D eigenvalue weighted by Gasteiger charge is 2.14. The average molecular weight is 518 g/mol. The van der Waals surface area contributed by atoms with E-state index in [2.05, 4.69) is 10.5 Å². The van der Waals surface area contributed by atoms with E-state index in [1.807, 2.05) is 25.1 Å². The number of furan rings is 1. The van der Waals surface area contributed by atoms with Crippen LogP contribution >= 0.6 is 34.8 Å². The first-order valence-electron chi connectivity index (χ1n) is 10.3. The van der Waals surface area contributed by atoms with Crippen LogP contribution in [0.15, 0.2) is 70.2 Å². The zero-order valence-electron chi connectivity index (χ0n) is 18.0. The van der Waals surface area contributed by atoms with Gasteiger partial charge >= 0.3 is 5.91 Å². The Morgan fingerprint density at radius 2 is 1.85 bits per heavy atom. The van der Waals surface area contributed by atoms with E-state index in [4.69, 9.17) is 48.7 Å². The van der Waals surface area contributed by atoms with Crippen molar-refractivity contribution >= 4 is 57.9 Å². The summed E-state index contributed by atoms with van der Waals surface area (Å²) in [5.41, 5.74) is 4.42. The predicted molar refractivity (Wildman–Crippen MR) is 135 cm³/mol. The molecule has 4 rings (SSSR count). The third-order valence-electron chi connectivity index (χ3n) is 4.74. The quantitative estimate of drug-likeness (QED) is 0.199. The Labute approximate surface area is 211 Å². The summed E-state index contributed by atoms with van der Waals surface area (Å²) in [5, 5.41) is 6.21. The smallest absolute Gasteiger partial charge is 0.307 e. The molecule has 1 amide bonds. The molecular weight excluding hydrogens is 499 g/mol. The summed E-state index contributed by atoms with van der Waals surface area (Å²) in [7, 11) is 0. The molecule has 34 heavy (non-hydrogen) atoms. The lowest BCUT2D eigenvalue weighted by Gasteiger charge is -2.15. The largest absolute Gasteiger partial charge is 0.490 e. The van der Waals surface area contributed by atoms with Gasteiger partial charge in [0.15, 0.2) is 17.3 Å². The fraction of sp³-hybridized carbons (Fsp3) is 0.120. The van der Waals surface area contributed by atoms with Gasteiger partial charge in [-0.2, -0.15) is 5.10 Å². The molecule has 0 bridgehead atoms. The van der Waals surface area contributed by atoms with Crippen molar-refractivity contribution in [3.63, 3.8) is 0 Å². The Balaban J connectivity index is 1.47. The van der Waals surface area contributed by atoms with Crippen LogP contribution < -0.4 is 14.9 Å². The molecule has 0 aliphatic heterocycles. The molecule has 0 aliphatic carbocycles. The number of hydrogen-bond acceptors (Lipinski definition) is 5. The van der Waals surface area contributed by atoms with Gasteiger partial charge in [-0.05, 0) is 55.0 Å². The lowest BCUT2D eigenvalue weighted by Crippen LogP contribution is -2.16. The highest BCUT2D eigenvalue weighted by Crippen LogP contribution is 2.37. The van der Waals surface area contributed by atoms with Crippen LogP contribution in [0.1, 0.15) is 28.6 Å². The standard InChI is InChI=1S/C25H19Cl3N2O4/c1-2-32-22-10-15(9-20(28)24(22)33-14-16-5-3-4-6-19(16)27)13-29-30-25(31)23-12-17-11-18(26)7-8-21(17)34-23/h3-13H,2,14H2,1H3,(H,30,31)/b29-13+. The molecule has 0 saturated heterocycles. The lowest BCUT2D eigenvalue weighted by atomic mass is 10.2. The van der Waals surface area contributed by atoms with Crippen molar-refractivity contribution in [2.45, 2.75) is 13.5 Å². The second-order valence-corrected chi connectivity index (χ2v) is 8.39. The highest BCUT2D eigenvalue weighted by molar-refractivity contribution is 6.32. The summed E-state index contributed by atoms with van der Waals surface area (Å²) in [6.07, 6.45) is 1.45. The first-order valence-corrected chi connectivity index (χ1v) is 11.4. The van der Waals surface area contributed by atoms with E-state index in [1.54, 1.807) is 42.5 Å². The van der Waals surface area contributed by atoms with E-state index < -0.39 is 5.91 Å². The first kappa shape index (κ1) is 24.0. The van der Waals surface area contributed by atoms with Crippen molar-refractivity contribution in [1.29, 1.82) is 0 Å². The zero-order valence-corrected chi connectivity index (χ0v) is 20.2. The van der Waals surface area contributed by atoms with Gasteiger partial charge < -0.3 is 13.9 Å². The molecule has 0 fully saturated rings. The van der Waals surface area contributed by atoms with Crippen molar-refractivity contribution in [1.82, 2.24) is 5.43 Å². The number of nitrogens with one attached hydrogen (secondary N) is 1. The van der Waals surface area contributed by atoms with Gasteiger partial charge in [-0.25, -0.2) is 5.43 Å². The minimum Gasteiger partial charge on any atom is -0.490 e. The van der Waals surface area contributed by atoms with Gasteiger partial charge in [-0.1, -0.05) is 53.0 Å². The number of carbonyl (C=O) groups excluding carboxylic acids is 1. The van der Waals surface area contributed by atoms with Crippen molar-refractivity contribution in [2.24, 2.45) is 5.10 Å². The number of hydrazone groups is 1. The Kier molecular flexibility index (Phi) is 7.63. The predicted octanol–water partition coefficient (Wildman–Crippen LogP) is 7.13. The summed E-state index contributed by atoms with van der Waals surface area (Å²) >= 11 is 18.6. The van der Waals surface area contributed by atoms with Gasteiger partial charge in [-0.15, -0.1) is 0 Å². The second-order valence-electron chi connectivity index (χ2n) is 7.14. The van der Waals surface area contributed by atoms with E-state index in [-0.39, 0.29) is 12.4 Å². The Morgan fingerprint density at radius 1 is 1.03 bits per heavy atom. The van der Waals surface area contributed by atoms with E-state index in [1.165, 1.54) is 6.21 Å². The summed E-state index contributed by atoms with van der Waals surface area (Å²) in [4.78, 5) is 12.4. The number of fused-ring (bicyclic) bond motifs is 1. The molecule has 0 saturated carbocycles.